The Balaban J connectivity index is 1.45. The van der Waals surface area contributed by atoms with Crippen molar-refractivity contribution in [2.45, 2.75) is 45.6 Å². The summed E-state index contributed by atoms with van der Waals surface area (Å²) >= 11 is 0. The molecule has 0 unspecified atom stereocenters. The molecule has 1 saturated heterocycles. The van der Waals surface area contributed by atoms with Crippen molar-refractivity contribution < 1.29 is 14.4 Å². The quantitative estimate of drug-likeness (QED) is 0.555. The summed E-state index contributed by atoms with van der Waals surface area (Å²) in [4.78, 5) is 40.2. The Morgan fingerprint density at radius 3 is 2.50 bits per heavy atom. The molecule has 0 spiro atoms. The third kappa shape index (κ3) is 3.74. The minimum atomic E-state index is -0.772. The van der Waals surface area contributed by atoms with E-state index in [1.54, 1.807) is 0 Å². The smallest absolute Gasteiger partial charge is 0.243 e. The van der Waals surface area contributed by atoms with Gasteiger partial charge in [0.05, 0.1) is 11.8 Å². The zero-order valence-corrected chi connectivity index (χ0v) is 17.3. The molecule has 30 heavy (non-hydrogen) atoms. The van der Waals surface area contributed by atoms with E-state index in [2.05, 4.69) is 15.5 Å². The van der Waals surface area contributed by atoms with Gasteiger partial charge in [0.1, 0.15) is 11.9 Å². The zero-order chi connectivity index (χ0) is 21.3. The number of nitrogens with zero attached hydrogens (tertiary/aromatic N) is 4. The minimum absolute atomic E-state index is 0.169. The van der Waals surface area contributed by atoms with Gasteiger partial charge < -0.3 is 5.32 Å². The molecule has 4 rings (SSSR count). The Labute approximate surface area is 175 Å². The van der Waals surface area contributed by atoms with E-state index in [4.69, 9.17) is 0 Å². The largest absolute Gasteiger partial charge is 0.354 e. The van der Waals surface area contributed by atoms with Gasteiger partial charge in [-0.1, -0.05) is 32.1 Å². The number of fused-ring (bicyclic) bond motifs is 2. The fourth-order valence-corrected chi connectivity index (χ4v) is 4.39. The average molecular weight is 409 g/mol. The van der Waals surface area contributed by atoms with Gasteiger partial charge in [0.15, 0.2) is 5.65 Å². The van der Waals surface area contributed by atoms with Gasteiger partial charge in [-0.05, 0) is 37.3 Å². The normalized spacial score (nSPS) is 22.0. The van der Waals surface area contributed by atoms with Crippen molar-refractivity contribution in [1.29, 1.82) is 0 Å². The topological polar surface area (TPSA) is 96.7 Å². The summed E-state index contributed by atoms with van der Waals surface area (Å²) in [5, 5.41) is 11.2. The monoisotopic (exact) mass is 409 g/mol. The summed E-state index contributed by atoms with van der Waals surface area (Å²) in [6.45, 7) is 4.33. The van der Waals surface area contributed by atoms with Gasteiger partial charge in [0.25, 0.3) is 0 Å². The van der Waals surface area contributed by atoms with E-state index in [1.807, 2.05) is 54.8 Å². The van der Waals surface area contributed by atoms with E-state index in [0.717, 1.165) is 11.5 Å². The van der Waals surface area contributed by atoms with Crippen LogP contribution < -0.4 is 5.32 Å². The van der Waals surface area contributed by atoms with Gasteiger partial charge in [-0.15, -0.1) is 10.2 Å². The molecule has 1 fully saturated rings. The van der Waals surface area contributed by atoms with Gasteiger partial charge in [0.2, 0.25) is 17.7 Å². The van der Waals surface area contributed by atoms with Crippen molar-refractivity contribution >= 4 is 23.4 Å². The molecular formula is C22H27N5O3. The van der Waals surface area contributed by atoms with Crippen LogP contribution >= 0.6 is 0 Å². The van der Waals surface area contributed by atoms with E-state index in [9.17, 15) is 14.4 Å². The molecule has 0 aromatic carbocycles. The van der Waals surface area contributed by atoms with E-state index in [1.165, 1.54) is 4.90 Å². The summed E-state index contributed by atoms with van der Waals surface area (Å²) in [5.74, 6) is -0.443. The van der Waals surface area contributed by atoms with Crippen LogP contribution in [0.5, 0.6) is 0 Å². The zero-order valence-electron chi connectivity index (χ0n) is 17.3. The van der Waals surface area contributed by atoms with E-state index >= 15 is 0 Å². The van der Waals surface area contributed by atoms with Crippen LogP contribution in [0.2, 0.25) is 0 Å². The minimum Gasteiger partial charge on any atom is -0.354 e. The Morgan fingerprint density at radius 1 is 1.13 bits per heavy atom. The van der Waals surface area contributed by atoms with Gasteiger partial charge in [0, 0.05) is 19.2 Å². The molecule has 0 bridgehead atoms. The van der Waals surface area contributed by atoms with E-state index in [0.29, 0.717) is 32.2 Å². The van der Waals surface area contributed by atoms with Crippen molar-refractivity contribution in [3.05, 3.63) is 42.4 Å². The number of amides is 3. The first-order valence-corrected chi connectivity index (χ1v) is 10.6. The lowest BCUT2D eigenvalue weighted by Gasteiger charge is -2.27. The molecule has 2 aromatic heterocycles. The maximum atomic E-state index is 13.0. The number of likely N-dealkylation sites (tertiary alicyclic amines) is 1. The molecule has 2 aromatic rings. The van der Waals surface area contributed by atoms with Crippen LogP contribution in [0, 0.1) is 17.8 Å². The fourth-order valence-electron chi connectivity index (χ4n) is 4.39. The molecule has 1 aliphatic carbocycles. The first kappa shape index (κ1) is 20.3. The molecule has 3 atom stereocenters. The number of rotatable bonds is 7. The average Bonchev–Trinajstić information content (AvgIpc) is 3.26. The number of carbonyl (C=O) groups is 3. The molecule has 0 radical (unpaired) electrons. The highest BCUT2D eigenvalue weighted by atomic mass is 16.2. The van der Waals surface area contributed by atoms with Crippen LogP contribution in [0.1, 0.15) is 38.9 Å². The lowest BCUT2D eigenvalue weighted by atomic mass is 9.85. The second-order valence-corrected chi connectivity index (χ2v) is 8.43. The highest BCUT2D eigenvalue weighted by Gasteiger charge is 2.51. The lowest BCUT2D eigenvalue weighted by Crippen LogP contribution is -2.51. The van der Waals surface area contributed by atoms with Crippen LogP contribution in [0.4, 0.5) is 0 Å². The van der Waals surface area contributed by atoms with Gasteiger partial charge in [-0.3, -0.25) is 23.7 Å². The third-order valence-electron chi connectivity index (χ3n) is 5.88. The van der Waals surface area contributed by atoms with Crippen molar-refractivity contribution in [2.75, 3.05) is 6.54 Å². The summed E-state index contributed by atoms with van der Waals surface area (Å²) in [6, 6.07) is 4.89. The fraction of sp³-hybridized carbons (Fsp3) is 0.500. The molecule has 8 nitrogen and oxygen atoms in total. The summed E-state index contributed by atoms with van der Waals surface area (Å²) in [5.41, 5.74) is 0.751. The van der Waals surface area contributed by atoms with Crippen LogP contribution in [0.15, 0.2) is 36.5 Å². The van der Waals surface area contributed by atoms with Crippen molar-refractivity contribution in [3.63, 3.8) is 0 Å². The molecular weight excluding hydrogens is 382 g/mol. The molecule has 158 valence electrons. The number of aromatic nitrogens is 3. The molecule has 1 aliphatic heterocycles. The van der Waals surface area contributed by atoms with Crippen LogP contribution in [-0.2, 0) is 20.8 Å². The Morgan fingerprint density at radius 2 is 1.83 bits per heavy atom. The van der Waals surface area contributed by atoms with E-state index < -0.39 is 6.04 Å². The summed E-state index contributed by atoms with van der Waals surface area (Å²) < 4.78 is 1.88. The molecule has 3 heterocycles. The molecule has 8 heteroatoms. The Kier molecular flexibility index (Phi) is 5.65. The highest BCUT2D eigenvalue weighted by Crippen LogP contribution is 2.37. The molecule has 3 amide bonds. The first-order valence-electron chi connectivity index (χ1n) is 10.6. The highest BCUT2D eigenvalue weighted by molar-refractivity contribution is 6.08. The second kappa shape index (κ2) is 8.38. The van der Waals surface area contributed by atoms with Crippen molar-refractivity contribution in [1.82, 2.24) is 24.8 Å². The standard InChI is InChI=1S/C22H27N5O3/c1-14(2)13-17(27-21(29)15-7-3-4-8-16(15)22(27)30)20(28)23-11-10-19-25-24-18-9-5-6-12-26(18)19/h3-6,9,12,14-17H,7-8,10-11,13H2,1-2H3,(H,23,28)/t15-,16-,17-/m1/s1. The number of imide groups is 1. The number of nitrogens with one attached hydrogen (secondary N) is 1. The number of hydrogen-bond donors (Lipinski definition) is 1. The lowest BCUT2D eigenvalue weighted by molar-refractivity contribution is -0.148. The number of hydrogen-bond acceptors (Lipinski definition) is 5. The number of allylic oxidation sites excluding steroid dienone is 2. The molecule has 0 saturated carbocycles. The molecule has 1 N–H and O–H groups in total. The summed E-state index contributed by atoms with van der Waals surface area (Å²) in [6.07, 6.45) is 7.88. The van der Waals surface area contributed by atoms with Crippen LogP contribution in [0.25, 0.3) is 5.65 Å². The third-order valence-corrected chi connectivity index (χ3v) is 5.88. The van der Waals surface area contributed by atoms with Gasteiger partial charge in [-0.25, -0.2) is 0 Å². The van der Waals surface area contributed by atoms with Gasteiger partial charge in [-0.2, -0.15) is 0 Å². The Hall–Kier alpha value is -3.03. The summed E-state index contributed by atoms with van der Waals surface area (Å²) in [7, 11) is 0. The maximum Gasteiger partial charge on any atom is 0.243 e. The Bertz CT molecular complexity index is 970. The SMILES string of the molecule is CC(C)C[C@H](C(=O)NCCc1nnc2ccccn12)N1C(=O)[C@@H]2CC=CC[C@H]2C1=O. The van der Waals surface area contributed by atoms with Crippen molar-refractivity contribution in [3.8, 4) is 0 Å². The first-order chi connectivity index (χ1) is 14.5. The maximum absolute atomic E-state index is 13.0. The van der Waals surface area contributed by atoms with Gasteiger partial charge >= 0.3 is 0 Å². The number of carbonyl (C=O) groups excluding carboxylic acids is 3. The van der Waals surface area contributed by atoms with Crippen LogP contribution in [-0.4, -0.2) is 49.8 Å². The van der Waals surface area contributed by atoms with Crippen LogP contribution in [0.3, 0.4) is 0 Å². The number of pyridine rings is 1. The second-order valence-electron chi connectivity index (χ2n) is 8.43. The van der Waals surface area contributed by atoms with E-state index in [-0.39, 0.29) is 35.5 Å². The predicted molar refractivity (Wildman–Crippen MR) is 110 cm³/mol. The predicted octanol–water partition coefficient (Wildman–Crippen LogP) is 1.75. The van der Waals surface area contributed by atoms with Crippen molar-refractivity contribution in [2.24, 2.45) is 17.8 Å². The molecule has 2 aliphatic rings.